The van der Waals surface area contributed by atoms with Crippen LogP contribution in [0.2, 0.25) is 0 Å². The number of nitrogens with zero attached hydrogens (tertiary/aromatic N) is 1. The Hall–Kier alpha value is -1.76. The molecule has 0 unspecified atom stereocenters. The van der Waals surface area contributed by atoms with Crippen LogP contribution < -0.4 is 4.90 Å². The molecule has 0 bridgehead atoms. The quantitative estimate of drug-likeness (QED) is 0.731. The van der Waals surface area contributed by atoms with E-state index >= 15 is 0 Å². The van der Waals surface area contributed by atoms with E-state index in [0.29, 0.717) is 0 Å². The van der Waals surface area contributed by atoms with E-state index in [0.717, 1.165) is 19.5 Å². The van der Waals surface area contributed by atoms with E-state index in [-0.39, 0.29) is 5.41 Å². The highest BCUT2D eigenvalue weighted by Gasteiger charge is 2.17. The monoisotopic (exact) mass is 265 g/mol. The fourth-order valence-electron chi connectivity index (χ4n) is 2.89. The predicted molar refractivity (Wildman–Crippen MR) is 86.3 cm³/mol. The van der Waals surface area contributed by atoms with Gasteiger partial charge in [0.25, 0.3) is 0 Å². The van der Waals surface area contributed by atoms with Gasteiger partial charge in [-0.05, 0) is 40.7 Å². The standard InChI is InChI=1S/C19H23N/c1-19(2,3)17-8-10-18(11-9-17)20-13-12-15-6-4-5-7-16(15)14-20/h4-11H,12-14H2,1-3H3. The molecule has 20 heavy (non-hydrogen) atoms. The topological polar surface area (TPSA) is 3.24 Å². The predicted octanol–water partition coefficient (Wildman–Crippen LogP) is 4.55. The summed E-state index contributed by atoms with van der Waals surface area (Å²) in [6.45, 7) is 8.94. The van der Waals surface area contributed by atoms with E-state index in [2.05, 4.69) is 74.2 Å². The van der Waals surface area contributed by atoms with Gasteiger partial charge in [0.15, 0.2) is 0 Å². The van der Waals surface area contributed by atoms with Gasteiger partial charge < -0.3 is 4.90 Å². The van der Waals surface area contributed by atoms with Gasteiger partial charge in [-0.25, -0.2) is 0 Å². The molecule has 1 heterocycles. The number of fused-ring (bicyclic) bond motifs is 1. The summed E-state index contributed by atoms with van der Waals surface area (Å²) in [6, 6.07) is 17.9. The second-order valence-corrected chi connectivity index (χ2v) is 6.74. The Morgan fingerprint density at radius 1 is 0.850 bits per heavy atom. The molecular weight excluding hydrogens is 242 g/mol. The third-order valence-corrected chi connectivity index (χ3v) is 4.23. The second kappa shape index (κ2) is 4.97. The number of benzene rings is 2. The van der Waals surface area contributed by atoms with Gasteiger partial charge in [-0.1, -0.05) is 57.2 Å². The zero-order valence-electron chi connectivity index (χ0n) is 12.7. The smallest absolute Gasteiger partial charge is 0.0432 e. The number of rotatable bonds is 1. The summed E-state index contributed by atoms with van der Waals surface area (Å²) in [6.07, 6.45) is 1.15. The van der Waals surface area contributed by atoms with E-state index < -0.39 is 0 Å². The average molecular weight is 265 g/mol. The maximum absolute atomic E-state index is 2.48. The van der Waals surface area contributed by atoms with Gasteiger partial charge in [0.2, 0.25) is 0 Å². The summed E-state index contributed by atoms with van der Waals surface area (Å²) in [4.78, 5) is 2.48. The maximum Gasteiger partial charge on any atom is 0.0432 e. The van der Waals surface area contributed by atoms with Crippen molar-refractivity contribution >= 4 is 5.69 Å². The highest BCUT2D eigenvalue weighted by molar-refractivity contribution is 5.51. The normalized spacial score (nSPS) is 15.1. The van der Waals surface area contributed by atoms with Crippen molar-refractivity contribution in [1.29, 1.82) is 0 Å². The van der Waals surface area contributed by atoms with Crippen molar-refractivity contribution in [3.05, 3.63) is 65.2 Å². The van der Waals surface area contributed by atoms with E-state index in [1.165, 1.54) is 22.4 Å². The van der Waals surface area contributed by atoms with E-state index in [4.69, 9.17) is 0 Å². The molecule has 3 rings (SSSR count). The van der Waals surface area contributed by atoms with Gasteiger partial charge in [0.1, 0.15) is 0 Å². The van der Waals surface area contributed by atoms with Crippen molar-refractivity contribution in [2.45, 2.75) is 39.2 Å². The van der Waals surface area contributed by atoms with Crippen LogP contribution in [-0.2, 0) is 18.4 Å². The summed E-state index contributed by atoms with van der Waals surface area (Å²) in [5.74, 6) is 0. The molecule has 2 aromatic carbocycles. The minimum Gasteiger partial charge on any atom is -0.367 e. The van der Waals surface area contributed by atoms with Gasteiger partial charge in [-0.15, -0.1) is 0 Å². The lowest BCUT2D eigenvalue weighted by atomic mass is 9.87. The van der Waals surface area contributed by atoms with Crippen LogP contribution in [0, 0.1) is 0 Å². The van der Waals surface area contributed by atoms with Gasteiger partial charge in [-0.3, -0.25) is 0 Å². The van der Waals surface area contributed by atoms with Crippen LogP contribution in [0.25, 0.3) is 0 Å². The minimum absolute atomic E-state index is 0.229. The number of hydrogen-bond donors (Lipinski definition) is 0. The van der Waals surface area contributed by atoms with Crippen LogP contribution in [0.15, 0.2) is 48.5 Å². The first-order valence-corrected chi connectivity index (χ1v) is 7.46. The van der Waals surface area contributed by atoms with Crippen molar-refractivity contribution < 1.29 is 0 Å². The van der Waals surface area contributed by atoms with Crippen LogP contribution in [0.5, 0.6) is 0 Å². The Morgan fingerprint density at radius 3 is 2.15 bits per heavy atom. The van der Waals surface area contributed by atoms with Gasteiger partial charge in [0, 0.05) is 18.8 Å². The lowest BCUT2D eigenvalue weighted by molar-refractivity contribution is 0.590. The van der Waals surface area contributed by atoms with E-state index in [9.17, 15) is 0 Å². The Balaban J connectivity index is 1.81. The van der Waals surface area contributed by atoms with Crippen molar-refractivity contribution in [2.75, 3.05) is 11.4 Å². The highest BCUT2D eigenvalue weighted by atomic mass is 15.1. The number of hydrogen-bond acceptors (Lipinski definition) is 1. The Bertz CT molecular complexity index is 590. The molecule has 1 nitrogen and oxygen atoms in total. The molecule has 0 fully saturated rings. The molecule has 0 aromatic heterocycles. The van der Waals surface area contributed by atoms with Crippen LogP contribution >= 0.6 is 0 Å². The van der Waals surface area contributed by atoms with Crippen LogP contribution in [-0.4, -0.2) is 6.54 Å². The Morgan fingerprint density at radius 2 is 1.50 bits per heavy atom. The lowest BCUT2D eigenvalue weighted by Gasteiger charge is -2.31. The Labute approximate surface area is 122 Å². The molecule has 1 aliphatic rings. The molecule has 0 radical (unpaired) electrons. The highest BCUT2D eigenvalue weighted by Crippen LogP contribution is 2.28. The molecule has 0 amide bonds. The zero-order valence-corrected chi connectivity index (χ0v) is 12.7. The molecule has 0 aliphatic carbocycles. The summed E-state index contributed by atoms with van der Waals surface area (Å²) >= 11 is 0. The molecule has 1 aliphatic heterocycles. The van der Waals surface area contributed by atoms with Gasteiger partial charge in [-0.2, -0.15) is 0 Å². The van der Waals surface area contributed by atoms with Crippen LogP contribution in [0.1, 0.15) is 37.5 Å². The molecule has 1 heteroatoms. The molecule has 104 valence electrons. The minimum atomic E-state index is 0.229. The molecule has 2 aromatic rings. The summed E-state index contributed by atoms with van der Waals surface area (Å²) in [5.41, 5.74) is 5.95. The average Bonchev–Trinajstić information content (AvgIpc) is 2.46. The molecule has 0 saturated heterocycles. The SMILES string of the molecule is CC(C)(C)c1ccc(N2CCc3ccccc3C2)cc1. The molecule has 0 saturated carbocycles. The van der Waals surface area contributed by atoms with Crippen molar-refractivity contribution in [3.8, 4) is 0 Å². The summed E-state index contributed by atoms with van der Waals surface area (Å²) in [5, 5.41) is 0. The largest absolute Gasteiger partial charge is 0.367 e. The first kappa shape index (κ1) is 13.2. The fourth-order valence-corrected chi connectivity index (χ4v) is 2.89. The van der Waals surface area contributed by atoms with Crippen molar-refractivity contribution in [1.82, 2.24) is 0 Å². The van der Waals surface area contributed by atoms with Gasteiger partial charge in [0.05, 0.1) is 0 Å². The van der Waals surface area contributed by atoms with Crippen molar-refractivity contribution in [2.24, 2.45) is 0 Å². The lowest BCUT2D eigenvalue weighted by Crippen LogP contribution is -2.30. The maximum atomic E-state index is 2.48. The van der Waals surface area contributed by atoms with E-state index in [1.807, 2.05) is 0 Å². The molecule has 0 atom stereocenters. The molecular formula is C19H23N. The summed E-state index contributed by atoms with van der Waals surface area (Å²) < 4.78 is 0. The third-order valence-electron chi connectivity index (χ3n) is 4.23. The second-order valence-electron chi connectivity index (χ2n) is 6.74. The summed E-state index contributed by atoms with van der Waals surface area (Å²) in [7, 11) is 0. The van der Waals surface area contributed by atoms with E-state index in [1.54, 1.807) is 0 Å². The van der Waals surface area contributed by atoms with Crippen LogP contribution in [0.4, 0.5) is 5.69 Å². The Kier molecular flexibility index (Phi) is 3.29. The number of anilines is 1. The zero-order chi connectivity index (χ0) is 14.2. The molecule has 0 N–H and O–H groups in total. The first-order valence-electron chi connectivity index (χ1n) is 7.46. The third kappa shape index (κ3) is 2.58. The first-order chi connectivity index (χ1) is 9.54. The fraction of sp³-hybridized carbons (Fsp3) is 0.368. The van der Waals surface area contributed by atoms with Gasteiger partial charge >= 0.3 is 0 Å². The van der Waals surface area contributed by atoms with Crippen molar-refractivity contribution in [3.63, 3.8) is 0 Å². The molecule has 0 spiro atoms. The van der Waals surface area contributed by atoms with Crippen LogP contribution in [0.3, 0.4) is 0 Å².